The smallest absolute Gasteiger partial charge is 0.188 e. The average Bonchev–Trinajstić information content (AvgIpc) is 3.33. The molecule has 0 atom stereocenters. The number of rotatable bonds is 10. The highest BCUT2D eigenvalue weighted by Crippen LogP contribution is 2.38. The number of aromatic nitrogens is 2. The van der Waals surface area contributed by atoms with Gasteiger partial charge in [-0.05, 0) is 69.3 Å². The molecule has 192 valence electrons. The van der Waals surface area contributed by atoms with Gasteiger partial charge in [0.2, 0.25) is 0 Å². The second-order valence-electron chi connectivity index (χ2n) is 8.68. The van der Waals surface area contributed by atoms with Gasteiger partial charge >= 0.3 is 0 Å². The standard InChI is InChI=1S/C28H30FN5O3/c1-4-36-22-13-24(27(29)25(14-22)37-17(2)3)34(20-9-5-19(6-10-20)28(30)31)16-26-32-15-23(33-26)18-7-11-21(35)12-8-18/h5-15,17,35H,4,16H2,1-3H3,(H3,30,31)(H,32,33). The normalized spacial score (nSPS) is 10.9. The van der Waals surface area contributed by atoms with E-state index in [0.29, 0.717) is 35.1 Å². The molecular weight excluding hydrogens is 473 g/mol. The molecule has 0 unspecified atom stereocenters. The van der Waals surface area contributed by atoms with E-state index in [0.717, 1.165) is 5.56 Å². The van der Waals surface area contributed by atoms with Gasteiger partial charge in [0, 0.05) is 35.1 Å². The van der Waals surface area contributed by atoms with Gasteiger partial charge in [-0.15, -0.1) is 0 Å². The number of hydrogen-bond acceptors (Lipinski definition) is 6. The van der Waals surface area contributed by atoms with Gasteiger partial charge in [0.15, 0.2) is 11.6 Å². The molecular formula is C28H30FN5O3. The number of imidazole rings is 1. The SMILES string of the molecule is CCOc1cc(OC(C)C)c(F)c(N(Cc2nc(-c3ccc(O)cc3)c[nH]2)c2ccc(C(=N)N)cc2)c1. The van der Waals surface area contributed by atoms with Gasteiger partial charge < -0.3 is 30.2 Å². The Balaban J connectivity index is 1.78. The summed E-state index contributed by atoms with van der Waals surface area (Å²) in [4.78, 5) is 9.62. The molecule has 1 heterocycles. The lowest BCUT2D eigenvalue weighted by molar-refractivity contribution is 0.229. The number of halogens is 1. The number of aromatic hydroxyl groups is 1. The Bertz CT molecular complexity index is 1370. The monoisotopic (exact) mass is 503 g/mol. The number of hydrogen-bond donors (Lipinski definition) is 4. The van der Waals surface area contributed by atoms with Crippen molar-refractivity contribution in [1.29, 1.82) is 5.41 Å². The highest BCUT2D eigenvalue weighted by Gasteiger charge is 2.22. The molecule has 0 amide bonds. The van der Waals surface area contributed by atoms with E-state index in [4.69, 9.17) is 20.6 Å². The van der Waals surface area contributed by atoms with E-state index in [1.807, 2.05) is 20.8 Å². The number of phenols is 1. The molecule has 0 fully saturated rings. The second kappa shape index (κ2) is 11.0. The molecule has 8 nitrogen and oxygen atoms in total. The number of aromatic amines is 1. The maximum atomic E-state index is 15.9. The molecule has 4 aromatic rings. The molecule has 0 radical (unpaired) electrons. The summed E-state index contributed by atoms with van der Waals surface area (Å²) in [5.74, 6) is 0.739. The van der Waals surface area contributed by atoms with Crippen LogP contribution in [0, 0.1) is 11.2 Å². The number of nitrogen functional groups attached to an aromatic ring is 1. The predicted octanol–water partition coefficient (Wildman–Crippen LogP) is 5.73. The Kier molecular flexibility index (Phi) is 7.62. The minimum absolute atomic E-state index is 0.0557. The Morgan fingerprint density at radius 1 is 1.14 bits per heavy atom. The van der Waals surface area contributed by atoms with Crippen molar-refractivity contribution in [3.05, 3.63) is 84.1 Å². The Morgan fingerprint density at radius 3 is 2.46 bits per heavy atom. The fraction of sp³-hybridized carbons (Fsp3) is 0.214. The van der Waals surface area contributed by atoms with Crippen molar-refractivity contribution < 1.29 is 19.0 Å². The summed E-state index contributed by atoms with van der Waals surface area (Å²) in [6, 6.07) is 16.9. The van der Waals surface area contributed by atoms with E-state index < -0.39 is 5.82 Å². The van der Waals surface area contributed by atoms with Crippen molar-refractivity contribution >= 4 is 17.2 Å². The summed E-state index contributed by atoms with van der Waals surface area (Å²) in [7, 11) is 0. The Labute approximate surface area is 215 Å². The van der Waals surface area contributed by atoms with Crippen LogP contribution in [0.15, 0.2) is 66.9 Å². The Morgan fingerprint density at radius 2 is 1.84 bits per heavy atom. The lowest BCUT2D eigenvalue weighted by Crippen LogP contribution is -2.20. The number of nitrogens with zero attached hydrogens (tertiary/aromatic N) is 2. The average molecular weight is 504 g/mol. The largest absolute Gasteiger partial charge is 0.508 e. The number of benzene rings is 3. The first-order valence-electron chi connectivity index (χ1n) is 11.9. The third-order valence-corrected chi connectivity index (χ3v) is 5.55. The van der Waals surface area contributed by atoms with Crippen LogP contribution in [0.2, 0.25) is 0 Å². The molecule has 0 spiro atoms. The number of amidine groups is 1. The van der Waals surface area contributed by atoms with Gasteiger partial charge in [-0.2, -0.15) is 0 Å². The van der Waals surface area contributed by atoms with E-state index in [1.54, 1.807) is 71.8 Å². The summed E-state index contributed by atoms with van der Waals surface area (Å²) < 4.78 is 27.4. The van der Waals surface area contributed by atoms with E-state index in [9.17, 15) is 5.11 Å². The van der Waals surface area contributed by atoms with Crippen LogP contribution >= 0.6 is 0 Å². The van der Waals surface area contributed by atoms with Gasteiger partial charge in [-0.25, -0.2) is 9.37 Å². The van der Waals surface area contributed by atoms with Gasteiger partial charge in [0.1, 0.15) is 23.2 Å². The van der Waals surface area contributed by atoms with E-state index >= 15 is 4.39 Å². The molecule has 37 heavy (non-hydrogen) atoms. The van der Waals surface area contributed by atoms with Crippen LogP contribution in [0.25, 0.3) is 11.3 Å². The fourth-order valence-electron chi connectivity index (χ4n) is 3.85. The fourth-order valence-corrected chi connectivity index (χ4v) is 3.85. The van der Waals surface area contributed by atoms with Crippen LogP contribution in [0.3, 0.4) is 0 Å². The van der Waals surface area contributed by atoms with Crippen molar-refractivity contribution in [3.8, 4) is 28.5 Å². The number of H-pyrrole nitrogens is 1. The summed E-state index contributed by atoms with van der Waals surface area (Å²) in [5, 5.41) is 17.3. The van der Waals surface area contributed by atoms with E-state index in [-0.39, 0.29) is 35.7 Å². The topological polar surface area (TPSA) is 120 Å². The molecule has 5 N–H and O–H groups in total. The molecule has 0 bridgehead atoms. The Hall–Kier alpha value is -4.53. The number of nitrogens with one attached hydrogen (secondary N) is 2. The number of nitrogens with two attached hydrogens (primary N) is 1. The van der Waals surface area contributed by atoms with Crippen molar-refractivity contribution in [1.82, 2.24) is 9.97 Å². The van der Waals surface area contributed by atoms with Crippen molar-refractivity contribution in [2.24, 2.45) is 5.73 Å². The number of ether oxygens (including phenoxy) is 2. The maximum Gasteiger partial charge on any atom is 0.188 e. The van der Waals surface area contributed by atoms with Crippen molar-refractivity contribution in [3.63, 3.8) is 0 Å². The highest BCUT2D eigenvalue weighted by atomic mass is 19.1. The predicted molar refractivity (Wildman–Crippen MR) is 142 cm³/mol. The van der Waals surface area contributed by atoms with Crippen LogP contribution in [0.4, 0.5) is 15.8 Å². The van der Waals surface area contributed by atoms with Gasteiger partial charge in [-0.1, -0.05) is 0 Å². The zero-order chi connectivity index (χ0) is 26.5. The first-order valence-corrected chi connectivity index (χ1v) is 11.9. The van der Waals surface area contributed by atoms with E-state index in [2.05, 4.69) is 9.97 Å². The molecule has 1 aromatic heterocycles. The molecule has 0 aliphatic heterocycles. The van der Waals surface area contributed by atoms with Crippen LogP contribution < -0.4 is 20.1 Å². The van der Waals surface area contributed by atoms with Gasteiger partial charge in [0.05, 0.1) is 30.6 Å². The molecule has 0 saturated carbocycles. The summed E-state index contributed by atoms with van der Waals surface area (Å²) in [6.45, 7) is 6.13. The van der Waals surface area contributed by atoms with Gasteiger partial charge in [-0.3, -0.25) is 5.41 Å². The van der Waals surface area contributed by atoms with Crippen LogP contribution in [-0.4, -0.2) is 33.6 Å². The quantitative estimate of drug-likeness (QED) is 0.162. The highest BCUT2D eigenvalue weighted by molar-refractivity contribution is 5.95. The van der Waals surface area contributed by atoms with Gasteiger partial charge in [0.25, 0.3) is 0 Å². The lowest BCUT2D eigenvalue weighted by atomic mass is 10.1. The molecule has 3 aromatic carbocycles. The van der Waals surface area contributed by atoms with Crippen LogP contribution in [0.1, 0.15) is 32.2 Å². The molecule has 0 aliphatic carbocycles. The molecule has 9 heteroatoms. The van der Waals surface area contributed by atoms with Crippen molar-refractivity contribution in [2.75, 3.05) is 11.5 Å². The third kappa shape index (κ3) is 6.00. The minimum atomic E-state index is -0.530. The maximum absolute atomic E-state index is 15.9. The second-order valence-corrected chi connectivity index (χ2v) is 8.68. The van der Waals surface area contributed by atoms with Crippen LogP contribution in [0.5, 0.6) is 17.2 Å². The van der Waals surface area contributed by atoms with Crippen LogP contribution in [-0.2, 0) is 6.54 Å². The lowest BCUT2D eigenvalue weighted by Gasteiger charge is -2.26. The van der Waals surface area contributed by atoms with E-state index in [1.165, 1.54) is 0 Å². The number of phenolic OH excluding ortho intramolecular Hbond substituents is 1. The summed E-state index contributed by atoms with van der Waals surface area (Å²) >= 11 is 0. The first kappa shape index (κ1) is 25.6. The molecule has 0 saturated heterocycles. The third-order valence-electron chi connectivity index (χ3n) is 5.55. The van der Waals surface area contributed by atoms with Crippen molar-refractivity contribution in [2.45, 2.75) is 33.4 Å². The molecule has 4 rings (SSSR count). The minimum Gasteiger partial charge on any atom is -0.508 e. The summed E-state index contributed by atoms with van der Waals surface area (Å²) in [5.41, 5.74) is 8.62. The zero-order valence-electron chi connectivity index (χ0n) is 21.0. The first-order chi connectivity index (χ1) is 17.7. The molecule has 0 aliphatic rings. The zero-order valence-corrected chi connectivity index (χ0v) is 21.0. The summed E-state index contributed by atoms with van der Waals surface area (Å²) in [6.07, 6.45) is 1.53. The number of anilines is 2.